The zero-order chi connectivity index (χ0) is 22.8. The lowest BCUT2D eigenvalue weighted by atomic mass is 10.0. The molecule has 0 spiro atoms. The van der Waals surface area contributed by atoms with E-state index < -0.39 is 0 Å². The number of tetrazole rings is 1. The Kier molecular flexibility index (Phi) is 6.09. The Morgan fingerprint density at radius 1 is 1.00 bits per heavy atom. The number of fused-ring (bicyclic) bond motifs is 1. The van der Waals surface area contributed by atoms with Crippen LogP contribution in [-0.4, -0.2) is 50.6 Å². The van der Waals surface area contributed by atoms with Crippen LogP contribution in [-0.2, 0) is 4.79 Å². The number of nitrogens with zero attached hydrogens (tertiary/aromatic N) is 6. The van der Waals surface area contributed by atoms with Gasteiger partial charge in [0.15, 0.2) is 0 Å². The van der Waals surface area contributed by atoms with Crippen molar-refractivity contribution in [3.8, 4) is 0 Å². The van der Waals surface area contributed by atoms with Gasteiger partial charge in [0.25, 0.3) is 5.95 Å². The predicted octanol–water partition coefficient (Wildman–Crippen LogP) is 4.32. The number of hydrogen-bond donors (Lipinski definition) is 0. The van der Waals surface area contributed by atoms with E-state index in [1.165, 1.54) is 12.1 Å². The molecule has 2 aliphatic heterocycles. The second kappa shape index (κ2) is 9.31. The molecule has 1 aromatic heterocycles. The average molecular weight is 467 g/mol. The summed E-state index contributed by atoms with van der Waals surface area (Å²) in [6, 6.07) is 13.4. The minimum absolute atomic E-state index is 0.0477. The number of likely N-dealkylation sites (tertiary alicyclic amines) is 1. The first-order valence-corrected chi connectivity index (χ1v) is 11.5. The first-order chi connectivity index (χ1) is 16.1. The van der Waals surface area contributed by atoms with Crippen molar-refractivity contribution >= 4 is 29.2 Å². The topological polar surface area (TPSA) is 67.2 Å². The van der Waals surface area contributed by atoms with Crippen LogP contribution < -0.4 is 4.90 Å². The molecule has 1 atom stereocenters. The Balaban J connectivity index is 1.55. The number of hydrogen-bond acceptors (Lipinski definition) is 5. The molecule has 2 aliphatic rings. The van der Waals surface area contributed by atoms with Crippen LogP contribution in [0.15, 0.2) is 54.6 Å². The standard InChI is InChI=1S/C24H24ClFN6O/c25-19-9-5-17(6-10-19)21-15-22(18-7-11-20(26)12-8-18)32-24(27-28-29-32)31(21)16-23(33)30-13-3-1-2-4-14-30/h5-12,15,22H,1-4,13-14,16H2/t22-/m0/s1. The molecule has 9 heteroatoms. The number of rotatable bonds is 4. The van der Waals surface area contributed by atoms with Crippen molar-refractivity contribution in [1.82, 2.24) is 25.1 Å². The van der Waals surface area contributed by atoms with Crippen molar-refractivity contribution in [2.45, 2.75) is 31.7 Å². The Morgan fingerprint density at radius 2 is 1.70 bits per heavy atom. The molecule has 3 aromatic rings. The highest BCUT2D eigenvalue weighted by atomic mass is 35.5. The molecule has 7 nitrogen and oxygen atoms in total. The Labute approximate surface area is 196 Å². The van der Waals surface area contributed by atoms with Gasteiger partial charge in [-0.25, -0.2) is 4.39 Å². The van der Waals surface area contributed by atoms with Crippen LogP contribution in [0.25, 0.3) is 5.70 Å². The Hall–Kier alpha value is -3.26. The maximum atomic E-state index is 13.6. The van der Waals surface area contributed by atoms with Crippen molar-refractivity contribution in [3.63, 3.8) is 0 Å². The van der Waals surface area contributed by atoms with Gasteiger partial charge in [-0.2, -0.15) is 4.68 Å². The quantitative estimate of drug-likeness (QED) is 0.573. The van der Waals surface area contributed by atoms with E-state index in [2.05, 4.69) is 15.5 Å². The van der Waals surface area contributed by atoms with Crippen molar-refractivity contribution in [2.24, 2.45) is 0 Å². The van der Waals surface area contributed by atoms with Gasteiger partial charge in [-0.15, -0.1) is 0 Å². The van der Waals surface area contributed by atoms with Crippen LogP contribution in [0.4, 0.5) is 10.3 Å². The van der Waals surface area contributed by atoms with Crippen molar-refractivity contribution in [1.29, 1.82) is 0 Å². The van der Waals surface area contributed by atoms with Gasteiger partial charge in [-0.1, -0.05) is 53.8 Å². The molecule has 5 rings (SSSR count). The van der Waals surface area contributed by atoms with Gasteiger partial charge in [0.2, 0.25) is 5.91 Å². The summed E-state index contributed by atoms with van der Waals surface area (Å²) in [5.74, 6) is 0.213. The fourth-order valence-electron chi connectivity index (χ4n) is 4.45. The minimum atomic E-state index is -0.342. The molecule has 1 saturated heterocycles. The molecular weight excluding hydrogens is 443 g/mol. The van der Waals surface area contributed by atoms with Crippen molar-refractivity contribution in [2.75, 3.05) is 24.5 Å². The number of anilines is 1. The number of amides is 1. The highest BCUT2D eigenvalue weighted by Crippen LogP contribution is 2.36. The first kappa shape index (κ1) is 21.6. The summed E-state index contributed by atoms with van der Waals surface area (Å²) in [6.45, 7) is 1.68. The molecule has 170 valence electrons. The summed E-state index contributed by atoms with van der Waals surface area (Å²) in [7, 11) is 0. The Bertz CT molecular complexity index is 1150. The zero-order valence-corrected chi connectivity index (χ0v) is 18.8. The molecule has 33 heavy (non-hydrogen) atoms. The van der Waals surface area contributed by atoms with Crippen molar-refractivity contribution < 1.29 is 9.18 Å². The molecule has 0 radical (unpaired) electrons. The van der Waals surface area contributed by atoms with E-state index >= 15 is 0 Å². The summed E-state index contributed by atoms with van der Waals surface area (Å²) in [4.78, 5) is 17.1. The molecule has 2 aromatic carbocycles. The number of aromatic nitrogens is 4. The van der Waals surface area contributed by atoms with E-state index in [0.29, 0.717) is 11.0 Å². The number of halogens is 2. The number of carbonyl (C=O) groups excluding carboxylic acids is 1. The highest BCUT2D eigenvalue weighted by Gasteiger charge is 2.33. The van der Waals surface area contributed by atoms with E-state index in [4.69, 9.17) is 11.6 Å². The summed E-state index contributed by atoms with van der Waals surface area (Å²) >= 11 is 6.13. The molecule has 3 heterocycles. The molecule has 0 bridgehead atoms. The number of allylic oxidation sites excluding steroid dienone is 1. The van der Waals surface area contributed by atoms with Crippen LogP contribution in [0.1, 0.15) is 42.9 Å². The zero-order valence-electron chi connectivity index (χ0n) is 18.1. The van der Waals surface area contributed by atoms with Crippen LogP contribution >= 0.6 is 11.6 Å². The SMILES string of the molecule is O=C(CN1C(c2ccc(Cl)cc2)=C[C@@H](c2ccc(F)cc2)n2nnnc21)N1CCCCCC1. The maximum absolute atomic E-state index is 13.6. The summed E-state index contributed by atoms with van der Waals surface area (Å²) in [5, 5.41) is 13.0. The molecule has 0 N–H and O–H groups in total. The average Bonchev–Trinajstić information content (AvgIpc) is 3.15. The van der Waals surface area contributed by atoms with Crippen LogP contribution in [0.5, 0.6) is 0 Å². The summed E-state index contributed by atoms with van der Waals surface area (Å²) in [5.41, 5.74) is 2.55. The fourth-order valence-corrected chi connectivity index (χ4v) is 4.57. The smallest absolute Gasteiger partial charge is 0.251 e. The van der Waals surface area contributed by atoms with Crippen molar-refractivity contribution in [3.05, 3.63) is 76.6 Å². The third-order valence-electron chi connectivity index (χ3n) is 6.19. The van der Waals surface area contributed by atoms with Gasteiger partial charge in [0.1, 0.15) is 18.4 Å². The summed E-state index contributed by atoms with van der Waals surface area (Å²) in [6.07, 6.45) is 6.36. The second-order valence-corrected chi connectivity index (χ2v) is 8.80. The molecule has 1 fully saturated rings. The van der Waals surface area contributed by atoms with E-state index in [1.54, 1.807) is 16.8 Å². The van der Waals surface area contributed by atoms with Gasteiger partial charge in [-0.3, -0.25) is 9.69 Å². The molecule has 0 saturated carbocycles. The molecule has 1 amide bonds. The van der Waals surface area contributed by atoms with Gasteiger partial charge in [0.05, 0.1) is 5.70 Å². The minimum Gasteiger partial charge on any atom is -0.341 e. The lowest BCUT2D eigenvalue weighted by molar-refractivity contribution is -0.129. The highest BCUT2D eigenvalue weighted by molar-refractivity contribution is 6.30. The monoisotopic (exact) mass is 466 g/mol. The van der Waals surface area contributed by atoms with Crippen LogP contribution in [0.2, 0.25) is 5.02 Å². The molecule has 0 aliphatic carbocycles. The third kappa shape index (κ3) is 4.48. The predicted molar refractivity (Wildman–Crippen MR) is 124 cm³/mol. The van der Waals surface area contributed by atoms with Crippen LogP contribution in [0.3, 0.4) is 0 Å². The number of carbonyl (C=O) groups is 1. The van der Waals surface area contributed by atoms with Crippen LogP contribution in [0, 0.1) is 5.82 Å². The van der Waals surface area contributed by atoms with E-state index in [9.17, 15) is 9.18 Å². The van der Waals surface area contributed by atoms with E-state index in [0.717, 1.165) is 55.6 Å². The lowest BCUT2D eigenvalue weighted by Crippen LogP contribution is -2.42. The first-order valence-electron chi connectivity index (χ1n) is 11.2. The van der Waals surface area contributed by atoms with Gasteiger partial charge < -0.3 is 4.90 Å². The van der Waals surface area contributed by atoms with Gasteiger partial charge >= 0.3 is 0 Å². The van der Waals surface area contributed by atoms with E-state index in [-0.39, 0.29) is 24.3 Å². The largest absolute Gasteiger partial charge is 0.341 e. The van der Waals surface area contributed by atoms with E-state index in [1.807, 2.05) is 40.1 Å². The molecule has 0 unspecified atom stereocenters. The molecular formula is C24H24ClFN6O. The number of benzene rings is 2. The van der Waals surface area contributed by atoms with Gasteiger partial charge in [-0.05, 0) is 64.7 Å². The maximum Gasteiger partial charge on any atom is 0.251 e. The normalized spacial score (nSPS) is 18.5. The lowest BCUT2D eigenvalue weighted by Gasteiger charge is -2.34. The van der Waals surface area contributed by atoms with Gasteiger partial charge in [0, 0.05) is 18.1 Å². The second-order valence-electron chi connectivity index (χ2n) is 8.36. The fraction of sp³-hybridized carbons (Fsp3) is 0.333. The summed E-state index contributed by atoms with van der Waals surface area (Å²) < 4.78 is 15.2. The Morgan fingerprint density at radius 3 is 2.39 bits per heavy atom. The third-order valence-corrected chi connectivity index (χ3v) is 6.44.